The molecule has 0 aliphatic heterocycles. The van der Waals surface area contributed by atoms with Gasteiger partial charge in [-0.2, -0.15) is 5.26 Å². The Hall–Kier alpha value is -2.80. The number of nitriles is 1. The molecular formula is C19H20N2O2. The van der Waals surface area contributed by atoms with Crippen LogP contribution in [0.2, 0.25) is 0 Å². The smallest absolute Gasteiger partial charge is 0.262 e. The van der Waals surface area contributed by atoms with Crippen LogP contribution in [0.15, 0.2) is 48.5 Å². The SMILES string of the molecule is CC(C)(C)c1ccccc1OCC(=O)Nc1ccccc1C#N. The molecule has 23 heavy (non-hydrogen) atoms. The third-order valence-electron chi connectivity index (χ3n) is 3.38. The second-order valence-electron chi connectivity index (χ2n) is 6.24. The summed E-state index contributed by atoms with van der Waals surface area (Å²) in [5.41, 5.74) is 1.90. The monoisotopic (exact) mass is 308 g/mol. The van der Waals surface area contributed by atoms with Gasteiger partial charge < -0.3 is 10.1 Å². The van der Waals surface area contributed by atoms with E-state index in [0.717, 1.165) is 5.56 Å². The molecule has 4 nitrogen and oxygen atoms in total. The lowest BCUT2D eigenvalue weighted by molar-refractivity contribution is -0.118. The lowest BCUT2D eigenvalue weighted by Gasteiger charge is -2.22. The quantitative estimate of drug-likeness (QED) is 0.932. The average Bonchev–Trinajstić information content (AvgIpc) is 2.53. The van der Waals surface area contributed by atoms with Gasteiger partial charge in [0.15, 0.2) is 6.61 Å². The van der Waals surface area contributed by atoms with Crippen molar-refractivity contribution in [2.45, 2.75) is 26.2 Å². The van der Waals surface area contributed by atoms with E-state index in [0.29, 0.717) is 17.0 Å². The van der Waals surface area contributed by atoms with Crippen LogP contribution in [0.3, 0.4) is 0 Å². The third-order valence-corrected chi connectivity index (χ3v) is 3.38. The number of anilines is 1. The fourth-order valence-corrected chi connectivity index (χ4v) is 2.23. The summed E-state index contributed by atoms with van der Waals surface area (Å²) in [7, 11) is 0. The van der Waals surface area contributed by atoms with Gasteiger partial charge in [0.05, 0.1) is 11.3 Å². The van der Waals surface area contributed by atoms with E-state index in [9.17, 15) is 4.79 Å². The van der Waals surface area contributed by atoms with E-state index in [2.05, 4.69) is 26.1 Å². The summed E-state index contributed by atoms with van der Waals surface area (Å²) in [6, 6.07) is 16.6. The predicted octanol–water partition coefficient (Wildman–Crippen LogP) is 3.87. The highest BCUT2D eigenvalue weighted by atomic mass is 16.5. The topological polar surface area (TPSA) is 62.1 Å². The Bertz CT molecular complexity index is 740. The van der Waals surface area contributed by atoms with Crippen LogP contribution in [0, 0.1) is 11.3 Å². The van der Waals surface area contributed by atoms with Crippen molar-refractivity contribution in [3.8, 4) is 11.8 Å². The maximum atomic E-state index is 12.1. The van der Waals surface area contributed by atoms with Gasteiger partial charge in [0.2, 0.25) is 0 Å². The number of benzene rings is 2. The fraction of sp³-hybridized carbons (Fsp3) is 0.263. The predicted molar refractivity (Wildman–Crippen MR) is 90.4 cm³/mol. The molecule has 1 amide bonds. The first kappa shape index (κ1) is 16.6. The molecule has 0 fully saturated rings. The lowest BCUT2D eigenvalue weighted by Crippen LogP contribution is -2.22. The number of hydrogen-bond donors (Lipinski definition) is 1. The second kappa shape index (κ2) is 6.97. The maximum absolute atomic E-state index is 12.1. The Kier molecular flexibility index (Phi) is 5.02. The van der Waals surface area contributed by atoms with E-state index >= 15 is 0 Å². The van der Waals surface area contributed by atoms with E-state index in [1.165, 1.54) is 0 Å². The van der Waals surface area contributed by atoms with Crippen molar-refractivity contribution in [1.82, 2.24) is 0 Å². The molecular weight excluding hydrogens is 288 g/mol. The summed E-state index contributed by atoms with van der Waals surface area (Å²) in [5.74, 6) is 0.403. The summed E-state index contributed by atoms with van der Waals surface area (Å²) in [6.45, 7) is 6.18. The molecule has 4 heteroatoms. The van der Waals surface area contributed by atoms with Gasteiger partial charge in [0.25, 0.3) is 5.91 Å². The highest BCUT2D eigenvalue weighted by Gasteiger charge is 2.19. The van der Waals surface area contributed by atoms with Crippen molar-refractivity contribution >= 4 is 11.6 Å². The Morgan fingerprint density at radius 2 is 1.78 bits per heavy atom. The van der Waals surface area contributed by atoms with E-state index in [4.69, 9.17) is 10.00 Å². The number of rotatable bonds is 4. The standard InChI is InChI=1S/C19H20N2O2/c1-19(2,3)15-9-5-7-11-17(15)23-13-18(22)21-16-10-6-4-8-14(16)12-20/h4-11H,13H2,1-3H3,(H,21,22). The number of nitrogens with one attached hydrogen (secondary N) is 1. The van der Waals surface area contributed by atoms with E-state index in [1.807, 2.05) is 30.3 Å². The van der Waals surface area contributed by atoms with Crippen molar-refractivity contribution in [3.05, 3.63) is 59.7 Å². The van der Waals surface area contributed by atoms with E-state index < -0.39 is 0 Å². The molecule has 0 aliphatic rings. The number of nitrogens with zero attached hydrogens (tertiary/aromatic N) is 1. The summed E-state index contributed by atoms with van der Waals surface area (Å²) >= 11 is 0. The molecule has 0 radical (unpaired) electrons. The second-order valence-corrected chi connectivity index (χ2v) is 6.24. The molecule has 0 atom stereocenters. The third kappa shape index (κ3) is 4.33. The van der Waals surface area contributed by atoms with Crippen LogP contribution < -0.4 is 10.1 Å². The molecule has 0 aliphatic carbocycles. The van der Waals surface area contributed by atoms with Gasteiger partial charge >= 0.3 is 0 Å². The Morgan fingerprint density at radius 1 is 1.13 bits per heavy atom. The highest BCUT2D eigenvalue weighted by molar-refractivity contribution is 5.93. The summed E-state index contributed by atoms with van der Waals surface area (Å²) in [5, 5.41) is 11.7. The van der Waals surface area contributed by atoms with Gasteiger partial charge in [-0.1, -0.05) is 51.1 Å². The first-order valence-electron chi connectivity index (χ1n) is 7.43. The molecule has 0 heterocycles. The molecule has 2 rings (SSSR count). The number of hydrogen-bond acceptors (Lipinski definition) is 3. The number of carbonyl (C=O) groups is 1. The van der Waals surface area contributed by atoms with Gasteiger partial charge in [-0.05, 0) is 29.2 Å². The number of para-hydroxylation sites is 2. The fourth-order valence-electron chi connectivity index (χ4n) is 2.23. The minimum absolute atomic E-state index is 0.0690. The van der Waals surface area contributed by atoms with Gasteiger partial charge in [0.1, 0.15) is 11.8 Å². The number of ether oxygens (including phenoxy) is 1. The zero-order valence-electron chi connectivity index (χ0n) is 13.6. The van der Waals surface area contributed by atoms with E-state index in [-0.39, 0.29) is 17.9 Å². The lowest BCUT2D eigenvalue weighted by atomic mass is 9.86. The molecule has 0 saturated carbocycles. The number of amides is 1. The molecule has 0 spiro atoms. The molecule has 0 bridgehead atoms. The van der Waals surface area contributed by atoms with Gasteiger partial charge in [0, 0.05) is 0 Å². The average molecular weight is 308 g/mol. The molecule has 0 saturated heterocycles. The first-order chi connectivity index (χ1) is 10.9. The summed E-state index contributed by atoms with van der Waals surface area (Å²) < 4.78 is 5.68. The molecule has 2 aromatic rings. The summed E-state index contributed by atoms with van der Waals surface area (Å²) in [6.07, 6.45) is 0. The molecule has 1 N–H and O–H groups in total. The number of carbonyl (C=O) groups excluding carboxylic acids is 1. The van der Waals surface area contributed by atoms with Crippen LogP contribution in [-0.4, -0.2) is 12.5 Å². The van der Waals surface area contributed by atoms with Gasteiger partial charge in [-0.3, -0.25) is 4.79 Å². The normalized spacial score (nSPS) is 10.7. The largest absolute Gasteiger partial charge is 0.483 e. The van der Waals surface area contributed by atoms with Crippen molar-refractivity contribution in [2.75, 3.05) is 11.9 Å². The minimum Gasteiger partial charge on any atom is -0.483 e. The van der Waals surface area contributed by atoms with Gasteiger partial charge in [-0.25, -0.2) is 0 Å². The molecule has 0 aromatic heterocycles. The van der Waals surface area contributed by atoms with Crippen LogP contribution in [0.4, 0.5) is 5.69 Å². The highest BCUT2D eigenvalue weighted by Crippen LogP contribution is 2.30. The van der Waals surface area contributed by atoms with Crippen LogP contribution in [-0.2, 0) is 10.2 Å². The first-order valence-corrected chi connectivity index (χ1v) is 7.43. The zero-order valence-corrected chi connectivity index (χ0v) is 13.6. The van der Waals surface area contributed by atoms with Crippen molar-refractivity contribution in [2.24, 2.45) is 0 Å². The Balaban J connectivity index is 2.05. The van der Waals surface area contributed by atoms with E-state index in [1.54, 1.807) is 24.3 Å². The Labute approximate surface area is 136 Å². The molecule has 2 aromatic carbocycles. The maximum Gasteiger partial charge on any atom is 0.262 e. The minimum atomic E-state index is -0.295. The van der Waals surface area contributed by atoms with Crippen molar-refractivity contribution < 1.29 is 9.53 Å². The van der Waals surface area contributed by atoms with Gasteiger partial charge in [-0.15, -0.1) is 0 Å². The Morgan fingerprint density at radius 3 is 2.48 bits per heavy atom. The van der Waals surface area contributed by atoms with Crippen molar-refractivity contribution in [1.29, 1.82) is 5.26 Å². The van der Waals surface area contributed by atoms with Crippen LogP contribution in [0.25, 0.3) is 0 Å². The molecule has 0 unspecified atom stereocenters. The molecule has 118 valence electrons. The summed E-state index contributed by atoms with van der Waals surface area (Å²) in [4.78, 5) is 12.1. The van der Waals surface area contributed by atoms with Crippen molar-refractivity contribution in [3.63, 3.8) is 0 Å². The van der Waals surface area contributed by atoms with Crippen LogP contribution >= 0.6 is 0 Å². The zero-order chi connectivity index (χ0) is 16.9. The van der Waals surface area contributed by atoms with Crippen LogP contribution in [0.1, 0.15) is 31.9 Å². The van der Waals surface area contributed by atoms with Crippen LogP contribution in [0.5, 0.6) is 5.75 Å².